The van der Waals surface area contributed by atoms with Crippen molar-refractivity contribution in [3.8, 4) is 0 Å². The van der Waals surface area contributed by atoms with E-state index < -0.39 is 0 Å². The monoisotopic (exact) mass is 368 g/mol. The fourth-order valence-corrected chi connectivity index (χ4v) is 3.72. The Hall–Kier alpha value is -2.24. The fourth-order valence-electron chi connectivity index (χ4n) is 3.02. The Bertz CT molecular complexity index is 733. The van der Waals surface area contributed by atoms with E-state index in [1.807, 2.05) is 40.6 Å². The van der Waals surface area contributed by atoms with Gasteiger partial charge in [-0.1, -0.05) is 48.6 Å². The van der Waals surface area contributed by atoms with Gasteiger partial charge in [0.05, 0.1) is 4.88 Å². The number of Topliss-reactive ketones (excluding diaryl/α,β-unsaturated/α-hetero) is 1. The Morgan fingerprint density at radius 1 is 0.962 bits per heavy atom. The summed E-state index contributed by atoms with van der Waals surface area (Å²) in [5.41, 5.74) is 1.21. The summed E-state index contributed by atoms with van der Waals surface area (Å²) in [6.07, 6.45) is 4.92. The van der Waals surface area contributed by atoms with E-state index in [1.54, 1.807) is 0 Å². The van der Waals surface area contributed by atoms with Gasteiger partial charge in [-0.25, -0.2) is 0 Å². The van der Waals surface area contributed by atoms with Crippen molar-refractivity contribution in [1.29, 1.82) is 0 Å². The van der Waals surface area contributed by atoms with Crippen LogP contribution >= 0.6 is 11.3 Å². The fraction of sp³-hybridized carbons (Fsp3) is 0.333. The molecule has 1 aliphatic heterocycles. The first-order chi connectivity index (χ1) is 12.7. The third kappa shape index (κ3) is 5.38. The smallest absolute Gasteiger partial charge is 0.223 e. The van der Waals surface area contributed by atoms with Gasteiger partial charge in [0.25, 0.3) is 0 Å². The number of ketones is 1. The van der Waals surface area contributed by atoms with Gasteiger partial charge in [0.1, 0.15) is 0 Å². The number of piperazine rings is 1. The van der Waals surface area contributed by atoms with Crippen molar-refractivity contribution in [2.24, 2.45) is 0 Å². The molecule has 2 heterocycles. The van der Waals surface area contributed by atoms with Gasteiger partial charge >= 0.3 is 0 Å². The van der Waals surface area contributed by atoms with Crippen molar-refractivity contribution in [3.05, 3.63) is 64.4 Å². The van der Waals surface area contributed by atoms with Crippen molar-refractivity contribution in [2.45, 2.75) is 12.8 Å². The predicted octanol–water partition coefficient (Wildman–Crippen LogP) is 3.57. The van der Waals surface area contributed by atoms with E-state index >= 15 is 0 Å². The normalized spacial score (nSPS) is 15.5. The van der Waals surface area contributed by atoms with Gasteiger partial charge in [-0.3, -0.25) is 14.5 Å². The second-order valence-corrected chi connectivity index (χ2v) is 7.34. The van der Waals surface area contributed by atoms with Crippen LogP contribution in [-0.4, -0.2) is 54.2 Å². The van der Waals surface area contributed by atoms with Crippen LogP contribution in [0.2, 0.25) is 0 Å². The highest BCUT2D eigenvalue weighted by Gasteiger charge is 2.21. The van der Waals surface area contributed by atoms with E-state index in [0.717, 1.165) is 37.6 Å². The minimum absolute atomic E-state index is 0.0676. The van der Waals surface area contributed by atoms with Crippen LogP contribution in [0.25, 0.3) is 6.08 Å². The molecule has 1 aromatic carbocycles. The van der Waals surface area contributed by atoms with Gasteiger partial charge in [-0.15, -0.1) is 11.3 Å². The molecule has 26 heavy (non-hydrogen) atoms. The molecule has 5 heteroatoms. The zero-order valence-corrected chi connectivity index (χ0v) is 15.7. The summed E-state index contributed by atoms with van der Waals surface area (Å²) in [4.78, 5) is 29.3. The Morgan fingerprint density at radius 2 is 1.73 bits per heavy atom. The van der Waals surface area contributed by atoms with Crippen molar-refractivity contribution < 1.29 is 9.59 Å². The molecule has 1 amide bonds. The molecule has 4 nitrogen and oxygen atoms in total. The molecule has 3 rings (SSSR count). The molecule has 0 bridgehead atoms. The largest absolute Gasteiger partial charge is 0.340 e. The van der Waals surface area contributed by atoms with Crippen LogP contribution in [0, 0.1) is 0 Å². The number of benzene rings is 1. The predicted molar refractivity (Wildman–Crippen MR) is 106 cm³/mol. The van der Waals surface area contributed by atoms with Gasteiger partial charge in [0.2, 0.25) is 5.91 Å². The third-order valence-electron chi connectivity index (χ3n) is 4.56. The second-order valence-electron chi connectivity index (χ2n) is 6.39. The molecule has 0 atom stereocenters. The first kappa shape index (κ1) is 18.5. The Labute approximate surface area is 158 Å². The van der Waals surface area contributed by atoms with E-state index in [2.05, 4.69) is 29.2 Å². The number of hydrogen-bond acceptors (Lipinski definition) is 4. The standard InChI is InChI=1S/C21H24N2O2S/c24-19(20-9-5-17-26-20)10-11-21(25)23-15-13-22(14-16-23)12-4-8-18-6-2-1-3-7-18/h1-9,17H,10-16H2. The molecule has 1 saturated heterocycles. The topological polar surface area (TPSA) is 40.6 Å². The van der Waals surface area contributed by atoms with Gasteiger partial charge in [-0.2, -0.15) is 0 Å². The second kappa shape index (κ2) is 9.46. The van der Waals surface area contributed by atoms with Crippen LogP contribution in [-0.2, 0) is 4.79 Å². The summed E-state index contributed by atoms with van der Waals surface area (Å²) in [5, 5.41) is 1.89. The van der Waals surface area contributed by atoms with Gasteiger partial charge in [-0.05, 0) is 17.0 Å². The maximum atomic E-state index is 12.3. The van der Waals surface area contributed by atoms with E-state index in [1.165, 1.54) is 16.9 Å². The molecule has 0 spiro atoms. The molecule has 0 unspecified atom stereocenters. The van der Waals surface area contributed by atoms with E-state index in [4.69, 9.17) is 0 Å². The van der Waals surface area contributed by atoms with Crippen molar-refractivity contribution >= 4 is 29.1 Å². The number of carbonyl (C=O) groups excluding carboxylic acids is 2. The van der Waals surface area contributed by atoms with Crippen molar-refractivity contribution in [1.82, 2.24) is 9.80 Å². The van der Waals surface area contributed by atoms with Crippen LogP contribution in [0.3, 0.4) is 0 Å². The number of rotatable bonds is 7. The third-order valence-corrected chi connectivity index (χ3v) is 5.47. The molecular formula is C21H24N2O2S. The molecule has 1 aliphatic rings. The number of nitrogens with zero attached hydrogens (tertiary/aromatic N) is 2. The lowest BCUT2D eigenvalue weighted by Gasteiger charge is -2.34. The zero-order chi connectivity index (χ0) is 18.2. The first-order valence-corrected chi connectivity index (χ1v) is 9.89. The van der Waals surface area contributed by atoms with Gasteiger partial charge < -0.3 is 4.90 Å². The van der Waals surface area contributed by atoms with E-state index in [-0.39, 0.29) is 11.7 Å². The Balaban J connectivity index is 1.37. The summed E-state index contributed by atoms with van der Waals surface area (Å²) < 4.78 is 0. The molecule has 2 aromatic rings. The molecular weight excluding hydrogens is 344 g/mol. The number of hydrogen-bond donors (Lipinski definition) is 0. The molecule has 136 valence electrons. The molecule has 0 radical (unpaired) electrons. The van der Waals surface area contributed by atoms with Crippen molar-refractivity contribution in [3.63, 3.8) is 0 Å². The maximum Gasteiger partial charge on any atom is 0.223 e. The highest BCUT2D eigenvalue weighted by molar-refractivity contribution is 7.12. The van der Waals surface area contributed by atoms with Crippen LogP contribution < -0.4 is 0 Å². The van der Waals surface area contributed by atoms with Crippen LogP contribution in [0.1, 0.15) is 28.1 Å². The minimum atomic E-state index is 0.0676. The Morgan fingerprint density at radius 3 is 2.42 bits per heavy atom. The summed E-state index contributed by atoms with van der Waals surface area (Å²) in [5.74, 6) is 0.160. The van der Waals surface area contributed by atoms with Crippen molar-refractivity contribution in [2.75, 3.05) is 32.7 Å². The summed E-state index contributed by atoms with van der Waals surface area (Å²) >= 11 is 1.44. The molecule has 0 N–H and O–H groups in total. The summed E-state index contributed by atoms with van der Waals surface area (Å²) in [6, 6.07) is 13.9. The average Bonchev–Trinajstić information content (AvgIpc) is 3.22. The highest BCUT2D eigenvalue weighted by atomic mass is 32.1. The number of thiophene rings is 1. The van der Waals surface area contributed by atoms with Gasteiger partial charge in [0.15, 0.2) is 5.78 Å². The van der Waals surface area contributed by atoms with Crippen LogP contribution in [0.5, 0.6) is 0 Å². The molecule has 1 fully saturated rings. The lowest BCUT2D eigenvalue weighted by Crippen LogP contribution is -2.48. The lowest BCUT2D eigenvalue weighted by molar-refractivity contribution is -0.132. The zero-order valence-electron chi connectivity index (χ0n) is 14.8. The number of amides is 1. The molecule has 0 saturated carbocycles. The van der Waals surface area contributed by atoms with E-state index in [0.29, 0.717) is 12.8 Å². The van der Waals surface area contributed by atoms with Gasteiger partial charge in [0, 0.05) is 45.6 Å². The molecule has 1 aromatic heterocycles. The quantitative estimate of drug-likeness (QED) is 0.702. The SMILES string of the molecule is O=C(CCC(=O)N1CCN(CC=Cc2ccccc2)CC1)c1cccs1. The van der Waals surface area contributed by atoms with E-state index in [9.17, 15) is 9.59 Å². The summed E-state index contributed by atoms with van der Waals surface area (Å²) in [6.45, 7) is 4.14. The number of carbonyl (C=O) groups is 2. The lowest BCUT2D eigenvalue weighted by atomic mass is 10.1. The first-order valence-electron chi connectivity index (χ1n) is 9.01. The average molecular weight is 369 g/mol. The minimum Gasteiger partial charge on any atom is -0.340 e. The van der Waals surface area contributed by atoms with Crippen LogP contribution in [0.15, 0.2) is 53.9 Å². The molecule has 0 aliphatic carbocycles. The summed E-state index contributed by atoms with van der Waals surface area (Å²) in [7, 11) is 0. The van der Waals surface area contributed by atoms with Crippen LogP contribution in [0.4, 0.5) is 0 Å². The maximum absolute atomic E-state index is 12.3. The Kier molecular flexibility index (Phi) is 6.75. The highest BCUT2D eigenvalue weighted by Crippen LogP contribution is 2.13.